The summed E-state index contributed by atoms with van der Waals surface area (Å²) in [6, 6.07) is 17.4. The molecule has 0 bridgehead atoms. The number of methoxy groups -OCH3 is 1. The Bertz CT molecular complexity index is 1630. The topological polar surface area (TPSA) is 98.0 Å². The number of carbonyl (C=O) groups excluding carboxylic acids is 2. The highest BCUT2D eigenvalue weighted by Crippen LogP contribution is 2.32. The first-order valence-electron chi connectivity index (χ1n) is 10.4. The van der Waals surface area contributed by atoms with Crippen molar-refractivity contribution in [1.29, 1.82) is 0 Å². The Morgan fingerprint density at radius 1 is 1.03 bits per heavy atom. The number of ether oxygens (including phenoxy) is 1. The fourth-order valence-corrected chi connectivity index (χ4v) is 6.09. The summed E-state index contributed by atoms with van der Waals surface area (Å²) in [5.41, 5.74) is 1.13. The van der Waals surface area contributed by atoms with Crippen LogP contribution in [-0.4, -0.2) is 39.0 Å². The number of sulfonamides is 1. The van der Waals surface area contributed by atoms with E-state index in [1.807, 2.05) is 0 Å². The van der Waals surface area contributed by atoms with Gasteiger partial charge >= 0.3 is 5.97 Å². The fourth-order valence-electron chi connectivity index (χ4n) is 3.38. The van der Waals surface area contributed by atoms with Crippen molar-refractivity contribution in [3.05, 3.63) is 87.1 Å². The Balaban J connectivity index is 1.70. The summed E-state index contributed by atoms with van der Waals surface area (Å²) in [5.74, 6) is -1.18. The summed E-state index contributed by atoms with van der Waals surface area (Å²) in [4.78, 5) is 29.4. The SMILES string of the molecule is COC(=O)Cn1c(=NC(=O)c2ccc(S(=O)(=O)N(C)c3ccccc3)cc2)sc2ccc(Cl)c(Cl)c21. The van der Waals surface area contributed by atoms with E-state index in [1.54, 1.807) is 42.5 Å². The third-order valence-corrected chi connectivity index (χ3v) is 8.96. The standard InChI is InChI=1S/C24H19Cl2N3O5S2/c1-28(16-6-4-3-5-7-16)36(32,33)17-10-8-15(9-11-17)23(31)27-24-29(14-20(30)34-2)22-19(35-24)13-12-18(25)21(22)26/h3-13H,14H2,1-2H3. The summed E-state index contributed by atoms with van der Waals surface area (Å²) in [6.45, 7) is -0.230. The van der Waals surface area contributed by atoms with Crippen molar-refractivity contribution in [2.45, 2.75) is 11.4 Å². The van der Waals surface area contributed by atoms with Gasteiger partial charge in [-0.05, 0) is 48.5 Å². The Morgan fingerprint density at radius 3 is 2.33 bits per heavy atom. The lowest BCUT2D eigenvalue weighted by atomic mass is 10.2. The van der Waals surface area contributed by atoms with Crippen LogP contribution in [-0.2, 0) is 26.1 Å². The average molecular weight is 564 g/mol. The number of fused-ring (bicyclic) bond motifs is 1. The molecule has 0 spiro atoms. The van der Waals surface area contributed by atoms with E-state index >= 15 is 0 Å². The van der Waals surface area contributed by atoms with Gasteiger partial charge in [-0.15, -0.1) is 0 Å². The number of anilines is 1. The normalized spacial score (nSPS) is 12.1. The van der Waals surface area contributed by atoms with Gasteiger partial charge in [-0.3, -0.25) is 13.9 Å². The van der Waals surface area contributed by atoms with E-state index < -0.39 is 21.9 Å². The molecule has 12 heteroatoms. The second-order valence-corrected chi connectivity index (χ2v) is 11.3. The molecule has 0 aliphatic carbocycles. The van der Waals surface area contributed by atoms with Crippen molar-refractivity contribution >= 4 is 72.3 Å². The van der Waals surface area contributed by atoms with Crippen molar-refractivity contribution < 1.29 is 22.7 Å². The van der Waals surface area contributed by atoms with E-state index in [4.69, 9.17) is 27.9 Å². The maximum atomic E-state index is 13.0. The van der Waals surface area contributed by atoms with Crippen LogP contribution in [0, 0.1) is 0 Å². The Morgan fingerprint density at radius 2 is 1.69 bits per heavy atom. The highest BCUT2D eigenvalue weighted by atomic mass is 35.5. The van der Waals surface area contributed by atoms with Gasteiger partial charge in [0.1, 0.15) is 6.54 Å². The fraction of sp³-hybridized carbons (Fsp3) is 0.125. The number of halogens is 2. The number of nitrogens with zero attached hydrogens (tertiary/aromatic N) is 3. The number of amides is 1. The lowest BCUT2D eigenvalue weighted by molar-refractivity contribution is -0.141. The number of hydrogen-bond donors (Lipinski definition) is 0. The second kappa shape index (κ2) is 10.4. The van der Waals surface area contributed by atoms with Gasteiger partial charge in [0, 0.05) is 12.6 Å². The molecular weight excluding hydrogens is 545 g/mol. The van der Waals surface area contributed by atoms with Gasteiger partial charge in [-0.1, -0.05) is 52.7 Å². The molecule has 1 amide bonds. The van der Waals surface area contributed by atoms with Gasteiger partial charge in [0.25, 0.3) is 15.9 Å². The molecule has 1 heterocycles. The summed E-state index contributed by atoms with van der Waals surface area (Å²) >= 11 is 13.7. The number of rotatable bonds is 6. The van der Waals surface area contributed by atoms with Crippen LogP contribution in [0.4, 0.5) is 5.69 Å². The van der Waals surface area contributed by atoms with Gasteiger partial charge in [0.05, 0.1) is 38.0 Å². The monoisotopic (exact) mass is 563 g/mol. The van der Waals surface area contributed by atoms with E-state index in [9.17, 15) is 18.0 Å². The molecule has 0 N–H and O–H groups in total. The van der Waals surface area contributed by atoms with E-state index in [0.29, 0.717) is 15.9 Å². The molecule has 1 aromatic heterocycles. The van der Waals surface area contributed by atoms with Crippen molar-refractivity contribution in [3.8, 4) is 0 Å². The summed E-state index contributed by atoms with van der Waals surface area (Å²) in [5, 5.41) is 0.510. The van der Waals surface area contributed by atoms with Crippen LogP contribution in [0.5, 0.6) is 0 Å². The summed E-state index contributed by atoms with van der Waals surface area (Å²) < 4.78 is 34.0. The van der Waals surface area contributed by atoms with E-state index in [1.165, 1.54) is 43.0 Å². The second-order valence-electron chi connectivity index (χ2n) is 7.50. The molecule has 8 nitrogen and oxygen atoms in total. The molecule has 0 radical (unpaired) electrons. The molecular formula is C24H19Cl2N3O5S2. The van der Waals surface area contributed by atoms with E-state index in [0.717, 1.165) is 15.6 Å². The van der Waals surface area contributed by atoms with Gasteiger partial charge in [0.15, 0.2) is 4.80 Å². The number of carbonyl (C=O) groups is 2. The van der Waals surface area contributed by atoms with Gasteiger partial charge in [-0.2, -0.15) is 4.99 Å². The van der Waals surface area contributed by atoms with Crippen LogP contribution in [0.15, 0.2) is 76.6 Å². The molecule has 4 aromatic rings. The predicted octanol–water partition coefficient (Wildman–Crippen LogP) is 4.75. The minimum Gasteiger partial charge on any atom is -0.468 e. The van der Waals surface area contributed by atoms with Crippen molar-refractivity contribution in [3.63, 3.8) is 0 Å². The maximum Gasteiger partial charge on any atom is 0.325 e. The first-order chi connectivity index (χ1) is 17.1. The number of esters is 1. The van der Waals surface area contributed by atoms with Crippen molar-refractivity contribution in [2.75, 3.05) is 18.5 Å². The number of hydrogen-bond acceptors (Lipinski definition) is 6. The maximum absolute atomic E-state index is 13.0. The highest BCUT2D eigenvalue weighted by molar-refractivity contribution is 7.92. The van der Waals surface area contributed by atoms with Crippen molar-refractivity contribution in [1.82, 2.24) is 4.57 Å². The molecule has 0 atom stereocenters. The molecule has 0 unspecified atom stereocenters. The molecule has 0 aliphatic rings. The lowest BCUT2D eigenvalue weighted by Gasteiger charge is -2.19. The number of thiazole rings is 1. The Kier molecular flexibility index (Phi) is 7.51. The van der Waals surface area contributed by atoms with Crippen LogP contribution in [0.25, 0.3) is 10.2 Å². The zero-order valence-corrected chi connectivity index (χ0v) is 22.2. The lowest BCUT2D eigenvalue weighted by Crippen LogP contribution is -2.26. The van der Waals surface area contributed by atoms with Crippen LogP contribution in [0.2, 0.25) is 10.0 Å². The first kappa shape index (κ1) is 25.9. The van der Waals surface area contributed by atoms with E-state index in [-0.39, 0.29) is 31.9 Å². The molecule has 3 aromatic carbocycles. The molecule has 0 aliphatic heterocycles. The Hall–Kier alpha value is -3.18. The average Bonchev–Trinajstić information content (AvgIpc) is 3.23. The smallest absolute Gasteiger partial charge is 0.325 e. The number of aromatic nitrogens is 1. The van der Waals surface area contributed by atoms with Crippen LogP contribution >= 0.6 is 34.5 Å². The molecule has 0 saturated heterocycles. The van der Waals surface area contributed by atoms with Gasteiger partial charge < -0.3 is 9.30 Å². The molecule has 0 fully saturated rings. The third kappa shape index (κ3) is 5.03. The largest absolute Gasteiger partial charge is 0.468 e. The van der Waals surface area contributed by atoms with Gasteiger partial charge in [-0.25, -0.2) is 8.42 Å². The van der Waals surface area contributed by atoms with Crippen molar-refractivity contribution in [2.24, 2.45) is 4.99 Å². The van der Waals surface area contributed by atoms with E-state index in [2.05, 4.69) is 4.99 Å². The van der Waals surface area contributed by atoms with Gasteiger partial charge in [0.2, 0.25) is 0 Å². The van der Waals surface area contributed by atoms with Crippen LogP contribution < -0.4 is 9.11 Å². The summed E-state index contributed by atoms with van der Waals surface area (Å²) in [7, 11) is -1.13. The third-order valence-electron chi connectivity index (χ3n) is 5.33. The summed E-state index contributed by atoms with van der Waals surface area (Å²) in [6.07, 6.45) is 0. The minimum atomic E-state index is -3.83. The van der Waals surface area contributed by atoms with Crippen LogP contribution in [0.3, 0.4) is 0 Å². The molecule has 4 rings (SSSR count). The highest BCUT2D eigenvalue weighted by Gasteiger charge is 2.22. The molecule has 186 valence electrons. The zero-order valence-electron chi connectivity index (χ0n) is 19.0. The minimum absolute atomic E-state index is 0.0226. The quantitative estimate of drug-likeness (QED) is 0.315. The molecule has 36 heavy (non-hydrogen) atoms. The molecule has 0 saturated carbocycles. The number of para-hydroxylation sites is 1. The number of benzene rings is 3. The van der Waals surface area contributed by atoms with Crippen LogP contribution in [0.1, 0.15) is 10.4 Å². The Labute approximate surface area is 221 Å². The predicted molar refractivity (Wildman–Crippen MR) is 140 cm³/mol. The first-order valence-corrected chi connectivity index (χ1v) is 13.4. The zero-order chi connectivity index (χ0) is 26.0.